The molecule has 0 spiro atoms. The van der Waals surface area contributed by atoms with Crippen LogP contribution < -0.4 is 15.4 Å². The largest absolute Gasteiger partial charge is 0.481 e. The number of ether oxygens (including phenoxy) is 1. The van der Waals surface area contributed by atoms with Crippen molar-refractivity contribution in [1.82, 2.24) is 5.32 Å². The van der Waals surface area contributed by atoms with Crippen LogP contribution in [-0.4, -0.2) is 24.0 Å². The van der Waals surface area contributed by atoms with Crippen LogP contribution in [0.25, 0.3) is 0 Å². The molecule has 1 aliphatic rings. The highest BCUT2D eigenvalue weighted by atomic mass is 16.5. The number of anilines is 1. The number of rotatable bonds is 6. The molecule has 0 bridgehead atoms. The molecule has 0 aromatic heterocycles. The molecule has 3 rings (SSSR count). The number of carbonyl (C=O) groups is 2. The van der Waals surface area contributed by atoms with E-state index in [0.717, 1.165) is 12.8 Å². The van der Waals surface area contributed by atoms with Crippen LogP contribution in [0.4, 0.5) is 5.69 Å². The van der Waals surface area contributed by atoms with Gasteiger partial charge in [-0.1, -0.05) is 24.3 Å². The maximum atomic E-state index is 12.2. The fourth-order valence-electron chi connectivity index (χ4n) is 2.24. The van der Waals surface area contributed by atoms with Gasteiger partial charge in [-0.25, -0.2) is 0 Å². The van der Waals surface area contributed by atoms with E-state index < -0.39 is 6.10 Å². The van der Waals surface area contributed by atoms with Gasteiger partial charge in [0.05, 0.1) is 0 Å². The van der Waals surface area contributed by atoms with Gasteiger partial charge >= 0.3 is 0 Å². The van der Waals surface area contributed by atoms with Crippen molar-refractivity contribution in [3.05, 3.63) is 60.2 Å². The van der Waals surface area contributed by atoms with Crippen molar-refractivity contribution < 1.29 is 14.3 Å². The van der Waals surface area contributed by atoms with E-state index in [1.807, 2.05) is 18.2 Å². The third-order valence-corrected chi connectivity index (χ3v) is 3.73. The van der Waals surface area contributed by atoms with E-state index in [2.05, 4.69) is 10.6 Å². The first-order valence-corrected chi connectivity index (χ1v) is 8.05. The van der Waals surface area contributed by atoms with Crippen molar-refractivity contribution in [3.8, 4) is 5.75 Å². The summed E-state index contributed by atoms with van der Waals surface area (Å²) < 4.78 is 5.60. The molecule has 5 nitrogen and oxygen atoms in total. The van der Waals surface area contributed by atoms with E-state index in [1.165, 1.54) is 0 Å². The van der Waals surface area contributed by atoms with Gasteiger partial charge in [-0.05, 0) is 50.1 Å². The van der Waals surface area contributed by atoms with E-state index in [1.54, 1.807) is 43.3 Å². The molecule has 1 saturated carbocycles. The van der Waals surface area contributed by atoms with Crippen molar-refractivity contribution in [1.29, 1.82) is 0 Å². The first kappa shape index (κ1) is 16.1. The SMILES string of the molecule is C[C@H](Oc1ccccc1)C(=O)Nc1cccc(C(=O)NC2CC2)c1. The van der Waals surface area contributed by atoms with Crippen molar-refractivity contribution >= 4 is 17.5 Å². The zero-order chi connectivity index (χ0) is 16.9. The summed E-state index contributed by atoms with van der Waals surface area (Å²) in [5, 5.41) is 5.71. The number of hydrogen-bond donors (Lipinski definition) is 2. The summed E-state index contributed by atoms with van der Waals surface area (Å²) in [7, 11) is 0. The van der Waals surface area contributed by atoms with Gasteiger partial charge in [-0.15, -0.1) is 0 Å². The van der Waals surface area contributed by atoms with Crippen molar-refractivity contribution in [2.24, 2.45) is 0 Å². The van der Waals surface area contributed by atoms with Gasteiger partial charge in [-0.2, -0.15) is 0 Å². The van der Waals surface area contributed by atoms with E-state index in [4.69, 9.17) is 4.74 Å². The lowest BCUT2D eigenvalue weighted by atomic mass is 10.2. The van der Waals surface area contributed by atoms with E-state index in [-0.39, 0.29) is 11.8 Å². The summed E-state index contributed by atoms with van der Waals surface area (Å²) >= 11 is 0. The first-order chi connectivity index (χ1) is 11.6. The Morgan fingerprint density at radius 3 is 2.54 bits per heavy atom. The molecule has 2 aromatic carbocycles. The fourth-order valence-corrected chi connectivity index (χ4v) is 2.24. The zero-order valence-electron chi connectivity index (χ0n) is 13.5. The Hall–Kier alpha value is -2.82. The Bertz CT molecular complexity index is 726. The van der Waals surface area contributed by atoms with E-state index >= 15 is 0 Å². The third-order valence-electron chi connectivity index (χ3n) is 3.73. The molecular formula is C19H20N2O3. The predicted molar refractivity (Wildman–Crippen MR) is 92.1 cm³/mol. The number of carbonyl (C=O) groups excluding carboxylic acids is 2. The summed E-state index contributed by atoms with van der Waals surface area (Å²) in [5.41, 5.74) is 1.11. The topological polar surface area (TPSA) is 67.4 Å². The van der Waals surface area contributed by atoms with Gasteiger partial charge in [-0.3, -0.25) is 9.59 Å². The average molecular weight is 324 g/mol. The summed E-state index contributed by atoms with van der Waals surface area (Å²) in [5.74, 6) is 0.262. The fraction of sp³-hybridized carbons (Fsp3) is 0.263. The second-order valence-electron chi connectivity index (χ2n) is 5.89. The number of amides is 2. The molecular weight excluding hydrogens is 304 g/mol. The third kappa shape index (κ3) is 4.35. The highest BCUT2D eigenvalue weighted by molar-refractivity contribution is 5.98. The molecule has 0 aliphatic heterocycles. The molecule has 0 heterocycles. The molecule has 1 aliphatic carbocycles. The second kappa shape index (κ2) is 7.17. The van der Waals surface area contributed by atoms with Crippen LogP contribution in [0.3, 0.4) is 0 Å². The molecule has 2 aromatic rings. The lowest BCUT2D eigenvalue weighted by Gasteiger charge is -2.15. The van der Waals surface area contributed by atoms with Crippen LogP contribution in [0.1, 0.15) is 30.1 Å². The lowest BCUT2D eigenvalue weighted by Crippen LogP contribution is -2.30. The normalized spacial score (nSPS) is 14.5. The predicted octanol–water partition coefficient (Wildman–Crippen LogP) is 2.98. The minimum Gasteiger partial charge on any atom is -0.481 e. The molecule has 2 N–H and O–H groups in total. The molecule has 2 amide bonds. The lowest BCUT2D eigenvalue weighted by molar-refractivity contribution is -0.122. The Morgan fingerprint density at radius 2 is 1.83 bits per heavy atom. The summed E-state index contributed by atoms with van der Waals surface area (Å²) in [6.45, 7) is 1.69. The van der Waals surface area contributed by atoms with Crippen molar-refractivity contribution in [3.63, 3.8) is 0 Å². The van der Waals surface area contributed by atoms with Gasteiger partial charge in [0, 0.05) is 17.3 Å². The standard InChI is InChI=1S/C19H20N2O3/c1-13(24-17-8-3-2-4-9-17)18(22)21-16-7-5-6-14(12-16)19(23)20-15-10-11-15/h2-9,12-13,15H,10-11H2,1H3,(H,20,23)(H,21,22)/t13-/m0/s1. The quantitative estimate of drug-likeness (QED) is 0.858. The summed E-state index contributed by atoms with van der Waals surface area (Å²) in [6, 6.07) is 16.4. The number of benzene rings is 2. The average Bonchev–Trinajstić information content (AvgIpc) is 3.40. The molecule has 24 heavy (non-hydrogen) atoms. The van der Waals surface area contributed by atoms with Crippen LogP contribution >= 0.6 is 0 Å². The van der Waals surface area contributed by atoms with Crippen LogP contribution in [0.5, 0.6) is 5.75 Å². The summed E-state index contributed by atoms with van der Waals surface area (Å²) in [4.78, 5) is 24.3. The zero-order valence-corrected chi connectivity index (χ0v) is 13.5. The number of nitrogens with one attached hydrogen (secondary N) is 2. The Labute approximate surface area is 141 Å². The Kier molecular flexibility index (Phi) is 4.79. The van der Waals surface area contributed by atoms with Crippen molar-refractivity contribution in [2.45, 2.75) is 31.9 Å². The molecule has 1 fully saturated rings. The maximum Gasteiger partial charge on any atom is 0.265 e. The van der Waals surface area contributed by atoms with Gasteiger partial charge in [0.25, 0.3) is 11.8 Å². The second-order valence-corrected chi connectivity index (χ2v) is 5.89. The molecule has 5 heteroatoms. The van der Waals surface area contributed by atoms with E-state index in [9.17, 15) is 9.59 Å². The minimum absolute atomic E-state index is 0.109. The Morgan fingerprint density at radius 1 is 1.08 bits per heavy atom. The maximum absolute atomic E-state index is 12.2. The molecule has 0 saturated heterocycles. The number of para-hydroxylation sites is 1. The molecule has 0 radical (unpaired) electrons. The highest BCUT2D eigenvalue weighted by Gasteiger charge is 2.24. The van der Waals surface area contributed by atoms with Crippen LogP contribution in [0.15, 0.2) is 54.6 Å². The van der Waals surface area contributed by atoms with Crippen LogP contribution in [0, 0.1) is 0 Å². The minimum atomic E-state index is -0.642. The van der Waals surface area contributed by atoms with Gasteiger partial charge < -0.3 is 15.4 Å². The van der Waals surface area contributed by atoms with Crippen LogP contribution in [-0.2, 0) is 4.79 Å². The molecule has 1 atom stereocenters. The molecule has 124 valence electrons. The first-order valence-electron chi connectivity index (χ1n) is 8.05. The van der Waals surface area contributed by atoms with Gasteiger partial charge in [0.15, 0.2) is 6.10 Å². The Balaban J connectivity index is 1.60. The van der Waals surface area contributed by atoms with Crippen LogP contribution in [0.2, 0.25) is 0 Å². The smallest absolute Gasteiger partial charge is 0.265 e. The molecule has 0 unspecified atom stereocenters. The highest BCUT2D eigenvalue weighted by Crippen LogP contribution is 2.20. The van der Waals surface area contributed by atoms with E-state index in [0.29, 0.717) is 23.0 Å². The van der Waals surface area contributed by atoms with Gasteiger partial charge in [0.1, 0.15) is 5.75 Å². The van der Waals surface area contributed by atoms with Crippen molar-refractivity contribution in [2.75, 3.05) is 5.32 Å². The number of hydrogen-bond acceptors (Lipinski definition) is 3. The summed E-state index contributed by atoms with van der Waals surface area (Å²) in [6.07, 6.45) is 1.43. The monoisotopic (exact) mass is 324 g/mol. The van der Waals surface area contributed by atoms with Gasteiger partial charge in [0.2, 0.25) is 0 Å².